The summed E-state index contributed by atoms with van der Waals surface area (Å²) in [6, 6.07) is 7.34. The van der Waals surface area contributed by atoms with Gasteiger partial charge in [0.05, 0.1) is 6.04 Å². The quantitative estimate of drug-likeness (QED) is 0.694. The molecular weight excluding hydrogens is 312 g/mol. The normalized spacial score (nSPS) is 21.4. The summed E-state index contributed by atoms with van der Waals surface area (Å²) in [5.74, 6) is 0.601. The number of nitrogens with one attached hydrogen (secondary N) is 2. The number of aliphatic hydroxyl groups is 1. The molecule has 2 amide bonds. The molecule has 0 bridgehead atoms. The summed E-state index contributed by atoms with van der Waals surface area (Å²) >= 11 is 5.94. The third-order valence-corrected chi connectivity index (χ3v) is 4.26. The van der Waals surface area contributed by atoms with Crippen LogP contribution >= 0.6 is 11.6 Å². The Morgan fingerprint density at radius 1 is 1.30 bits per heavy atom. The van der Waals surface area contributed by atoms with E-state index in [0.717, 1.165) is 18.4 Å². The van der Waals surface area contributed by atoms with Crippen molar-refractivity contribution < 1.29 is 9.90 Å². The van der Waals surface area contributed by atoms with Gasteiger partial charge in [0.2, 0.25) is 0 Å². The smallest absolute Gasteiger partial charge is 0.315 e. The van der Waals surface area contributed by atoms with E-state index in [0.29, 0.717) is 10.9 Å². The standard InChI is InChI=1S/C18H25ClN2O2/c1-12(2)9-17(14-4-6-15(19)7-5-14)21-18(23)20-16-8-3-13(10-16)11-22/h3-8,12-13,16-17,22H,9-11H2,1-2H3,(H2,20,21,23)/t13-,16+,17?/m0/s1. The van der Waals surface area contributed by atoms with Crippen LogP contribution in [0, 0.1) is 11.8 Å². The second-order valence-electron chi connectivity index (χ2n) is 6.52. The van der Waals surface area contributed by atoms with Gasteiger partial charge in [-0.25, -0.2) is 4.79 Å². The van der Waals surface area contributed by atoms with Crippen molar-refractivity contribution in [3.8, 4) is 0 Å². The minimum absolute atomic E-state index is 0.0166. The van der Waals surface area contributed by atoms with Crippen molar-refractivity contribution >= 4 is 17.6 Å². The van der Waals surface area contributed by atoms with Crippen molar-refractivity contribution in [3.05, 3.63) is 47.0 Å². The maximum absolute atomic E-state index is 12.3. The van der Waals surface area contributed by atoms with E-state index in [4.69, 9.17) is 16.7 Å². The van der Waals surface area contributed by atoms with Gasteiger partial charge in [0.25, 0.3) is 0 Å². The maximum Gasteiger partial charge on any atom is 0.315 e. The molecule has 0 fully saturated rings. The predicted octanol–water partition coefficient (Wildman–Crippen LogP) is 3.66. The lowest BCUT2D eigenvalue weighted by Crippen LogP contribution is -2.42. The number of hydrogen-bond acceptors (Lipinski definition) is 2. The van der Waals surface area contributed by atoms with E-state index in [1.54, 1.807) is 0 Å². The molecule has 1 unspecified atom stereocenters. The van der Waals surface area contributed by atoms with E-state index in [1.165, 1.54) is 0 Å². The molecule has 3 N–H and O–H groups in total. The number of urea groups is 1. The van der Waals surface area contributed by atoms with E-state index >= 15 is 0 Å². The van der Waals surface area contributed by atoms with Crippen molar-refractivity contribution in [2.24, 2.45) is 11.8 Å². The highest BCUT2D eigenvalue weighted by Gasteiger charge is 2.22. The van der Waals surface area contributed by atoms with Gasteiger partial charge in [-0.2, -0.15) is 0 Å². The molecule has 0 spiro atoms. The van der Waals surface area contributed by atoms with Gasteiger partial charge in [0.15, 0.2) is 0 Å². The number of rotatable bonds is 6. The molecule has 0 radical (unpaired) electrons. The van der Waals surface area contributed by atoms with Crippen molar-refractivity contribution in [1.29, 1.82) is 0 Å². The van der Waals surface area contributed by atoms with Gasteiger partial charge in [-0.3, -0.25) is 0 Å². The third-order valence-electron chi connectivity index (χ3n) is 4.01. The summed E-state index contributed by atoms with van der Waals surface area (Å²) in [5, 5.41) is 15.8. The van der Waals surface area contributed by atoms with Crippen molar-refractivity contribution in [3.63, 3.8) is 0 Å². The zero-order chi connectivity index (χ0) is 16.8. The Kier molecular flexibility index (Phi) is 6.48. The average Bonchev–Trinajstić information content (AvgIpc) is 2.94. The topological polar surface area (TPSA) is 61.4 Å². The molecule has 0 saturated carbocycles. The molecule has 126 valence electrons. The summed E-state index contributed by atoms with van der Waals surface area (Å²) in [5.41, 5.74) is 1.05. The zero-order valence-electron chi connectivity index (χ0n) is 13.6. The van der Waals surface area contributed by atoms with Crippen LogP contribution in [0.15, 0.2) is 36.4 Å². The molecule has 1 aliphatic rings. The van der Waals surface area contributed by atoms with E-state index < -0.39 is 0 Å². The van der Waals surface area contributed by atoms with Gasteiger partial charge >= 0.3 is 6.03 Å². The van der Waals surface area contributed by atoms with Gasteiger partial charge in [0.1, 0.15) is 0 Å². The minimum atomic E-state index is -0.182. The van der Waals surface area contributed by atoms with Gasteiger partial charge in [-0.15, -0.1) is 0 Å². The summed E-state index contributed by atoms with van der Waals surface area (Å²) < 4.78 is 0. The first-order chi connectivity index (χ1) is 11.0. The molecular formula is C18H25ClN2O2. The van der Waals surface area contributed by atoms with Crippen LogP contribution in [0.3, 0.4) is 0 Å². The van der Waals surface area contributed by atoms with Crippen LogP contribution < -0.4 is 10.6 Å². The Bertz CT molecular complexity index is 542. The number of benzene rings is 1. The molecule has 5 heteroatoms. The first-order valence-electron chi connectivity index (χ1n) is 8.09. The highest BCUT2D eigenvalue weighted by Crippen LogP contribution is 2.23. The largest absolute Gasteiger partial charge is 0.396 e. The Balaban J connectivity index is 1.96. The lowest BCUT2D eigenvalue weighted by Gasteiger charge is -2.23. The fourth-order valence-electron chi connectivity index (χ4n) is 2.83. The van der Waals surface area contributed by atoms with Crippen molar-refractivity contribution in [2.45, 2.75) is 38.8 Å². The fourth-order valence-corrected chi connectivity index (χ4v) is 2.96. The number of aliphatic hydroxyl groups excluding tert-OH is 1. The molecule has 1 aromatic carbocycles. The van der Waals surface area contributed by atoms with E-state index in [9.17, 15) is 4.79 Å². The van der Waals surface area contributed by atoms with Crippen LogP contribution in [0.1, 0.15) is 38.3 Å². The van der Waals surface area contributed by atoms with Gasteiger partial charge in [0, 0.05) is 23.6 Å². The molecule has 1 aromatic rings. The number of carbonyl (C=O) groups is 1. The molecule has 0 saturated heterocycles. The summed E-state index contributed by atoms with van der Waals surface area (Å²) in [4.78, 5) is 12.3. The van der Waals surface area contributed by atoms with Crippen molar-refractivity contribution in [2.75, 3.05) is 6.61 Å². The predicted molar refractivity (Wildman–Crippen MR) is 93.4 cm³/mol. The minimum Gasteiger partial charge on any atom is -0.396 e. The average molecular weight is 337 g/mol. The van der Waals surface area contributed by atoms with Crippen LogP contribution in [0.25, 0.3) is 0 Å². The summed E-state index contributed by atoms with van der Waals surface area (Å²) in [6.07, 6.45) is 5.50. The highest BCUT2D eigenvalue weighted by molar-refractivity contribution is 6.30. The molecule has 4 nitrogen and oxygen atoms in total. The summed E-state index contributed by atoms with van der Waals surface area (Å²) in [7, 11) is 0. The molecule has 3 atom stereocenters. The molecule has 2 rings (SSSR count). The maximum atomic E-state index is 12.3. The zero-order valence-corrected chi connectivity index (χ0v) is 14.4. The van der Waals surface area contributed by atoms with E-state index in [1.807, 2.05) is 36.4 Å². The van der Waals surface area contributed by atoms with Gasteiger partial charge < -0.3 is 15.7 Å². The number of carbonyl (C=O) groups excluding carboxylic acids is 1. The third kappa shape index (κ3) is 5.56. The van der Waals surface area contributed by atoms with Crippen LogP contribution in [0.2, 0.25) is 5.02 Å². The van der Waals surface area contributed by atoms with Crippen molar-refractivity contribution in [1.82, 2.24) is 10.6 Å². The number of halogens is 1. The Labute approximate surface area is 142 Å². The molecule has 0 aliphatic heterocycles. The van der Waals surface area contributed by atoms with E-state index in [-0.39, 0.29) is 30.6 Å². The number of amides is 2. The molecule has 0 heterocycles. The molecule has 0 aromatic heterocycles. The SMILES string of the molecule is CC(C)CC(NC(=O)N[C@@H]1C=C[C@H](CO)C1)c1ccc(Cl)cc1. The van der Waals surface area contributed by atoms with Crippen LogP contribution in [0.5, 0.6) is 0 Å². The Morgan fingerprint density at radius 2 is 2.00 bits per heavy atom. The second-order valence-corrected chi connectivity index (χ2v) is 6.96. The molecule has 1 aliphatic carbocycles. The van der Waals surface area contributed by atoms with E-state index in [2.05, 4.69) is 24.5 Å². The van der Waals surface area contributed by atoms with Crippen LogP contribution in [-0.2, 0) is 0 Å². The molecule has 23 heavy (non-hydrogen) atoms. The lowest BCUT2D eigenvalue weighted by atomic mass is 9.97. The van der Waals surface area contributed by atoms with Gasteiger partial charge in [-0.1, -0.05) is 49.7 Å². The van der Waals surface area contributed by atoms with Gasteiger partial charge in [-0.05, 0) is 36.5 Å². The Morgan fingerprint density at radius 3 is 2.57 bits per heavy atom. The monoisotopic (exact) mass is 336 g/mol. The van der Waals surface area contributed by atoms with Crippen LogP contribution in [0.4, 0.5) is 4.79 Å². The number of hydrogen-bond donors (Lipinski definition) is 3. The highest BCUT2D eigenvalue weighted by atomic mass is 35.5. The Hall–Kier alpha value is -1.52. The first-order valence-corrected chi connectivity index (χ1v) is 8.47. The van der Waals surface area contributed by atoms with Crippen LogP contribution in [-0.4, -0.2) is 23.8 Å². The first kappa shape index (κ1) is 17.8. The summed E-state index contributed by atoms with van der Waals surface area (Å²) in [6.45, 7) is 4.39. The second kappa shape index (κ2) is 8.37. The fraction of sp³-hybridized carbons (Fsp3) is 0.500. The lowest BCUT2D eigenvalue weighted by molar-refractivity contribution is 0.227.